The fraction of sp³-hybridized carbons (Fsp3) is 0.143. The Morgan fingerprint density at radius 3 is 2.56 bits per heavy atom. The van der Waals surface area contributed by atoms with E-state index in [1.165, 1.54) is 6.07 Å². The number of hydrogen-bond donors (Lipinski definition) is 1. The highest BCUT2D eigenvalue weighted by Crippen LogP contribution is 2.30. The number of halogens is 1. The molecule has 0 aliphatic rings. The van der Waals surface area contributed by atoms with Gasteiger partial charge in [-0.3, -0.25) is 4.57 Å². The fourth-order valence-corrected chi connectivity index (χ4v) is 3.69. The number of rotatable bonds is 4. The molecule has 6 heteroatoms. The SMILES string of the molecule is CSc1cn(-c2ncc(-c3cc(C(C)O)ccc3F)cn2)c2ccccc12. The van der Waals surface area contributed by atoms with Gasteiger partial charge < -0.3 is 5.11 Å². The summed E-state index contributed by atoms with van der Waals surface area (Å²) >= 11 is 1.67. The van der Waals surface area contributed by atoms with Crippen molar-refractivity contribution in [1.29, 1.82) is 0 Å². The van der Waals surface area contributed by atoms with E-state index in [4.69, 9.17) is 0 Å². The summed E-state index contributed by atoms with van der Waals surface area (Å²) in [5.41, 5.74) is 2.62. The van der Waals surface area contributed by atoms with Crippen molar-refractivity contribution < 1.29 is 9.50 Å². The summed E-state index contributed by atoms with van der Waals surface area (Å²) in [7, 11) is 0. The zero-order chi connectivity index (χ0) is 19.0. The van der Waals surface area contributed by atoms with Gasteiger partial charge in [0.05, 0.1) is 11.6 Å². The third-order valence-corrected chi connectivity index (χ3v) is 5.30. The van der Waals surface area contributed by atoms with E-state index in [1.807, 2.05) is 35.2 Å². The van der Waals surface area contributed by atoms with Crippen molar-refractivity contribution >= 4 is 22.7 Å². The second-order valence-electron chi connectivity index (χ2n) is 6.27. The summed E-state index contributed by atoms with van der Waals surface area (Å²) < 4.78 is 16.2. The molecule has 0 saturated heterocycles. The Labute approximate surface area is 160 Å². The van der Waals surface area contributed by atoms with Gasteiger partial charge >= 0.3 is 0 Å². The first-order valence-corrected chi connectivity index (χ1v) is 9.75. The largest absolute Gasteiger partial charge is 0.389 e. The van der Waals surface area contributed by atoms with Gasteiger partial charge in [0.15, 0.2) is 0 Å². The van der Waals surface area contributed by atoms with Crippen LogP contribution in [0.5, 0.6) is 0 Å². The van der Waals surface area contributed by atoms with Gasteiger partial charge in [-0.15, -0.1) is 11.8 Å². The zero-order valence-corrected chi connectivity index (χ0v) is 15.7. The average Bonchev–Trinajstić information content (AvgIpc) is 3.07. The highest BCUT2D eigenvalue weighted by atomic mass is 32.2. The fourth-order valence-electron chi connectivity index (χ4n) is 3.09. The maximum absolute atomic E-state index is 14.3. The lowest BCUT2D eigenvalue weighted by Gasteiger charge is -2.09. The molecule has 2 aromatic heterocycles. The van der Waals surface area contributed by atoms with E-state index in [0.717, 1.165) is 15.8 Å². The predicted molar refractivity (Wildman–Crippen MR) is 107 cm³/mol. The van der Waals surface area contributed by atoms with E-state index < -0.39 is 6.10 Å². The Hall–Kier alpha value is -2.70. The molecule has 27 heavy (non-hydrogen) atoms. The van der Waals surface area contributed by atoms with Crippen molar-refractivity contribution in [3.63, 3.8) is 0 Å². The van der Waals surface area contributed by atoms with Crippen LogP contribution in [0.1, 0.15) is 18.6 Å². The maximum atomic E-state index is 14.3. The molecular formula is C21H18FN3OS. The lowest BCUT2D eigenvalue weighted by atomic mass is 10.0. The van der Waals surface area contributed by atoms with Gasteiger partial charge in [-0.25, -0.2) is 14.4 Å². The normalized spacial score (nSPS) is 12.4. The minimum absolute atomic E-state index is 0.369. The third-order valence-electron chi connectivity index (χ3n) is 4.53. The van der Waals surface area contributed by atoms with E-state index in [-0.39, 0.29) is 5.82 Å². The molecule has 4 nitrogen and oxygen atoms in total. The van der Waals surface area contributed by atoms with Gasteiger partial charge in [-0.05, 0) is 36.9 Å². The Morgan fingerprint density at radius 2 is 1.85 bits per heavy atom. The number of hydrogen-bond acceptors (Lipinski definition) is 4. The molecule has 4 aromatic rings. The standard InChI is InChI=1S/C21H18FN3OS/c1-13(26)14-7-8-18(22)17(9-14)15-10-23-21(24-11-15)25-12-20(27-2)16-5-3-4-6-19(16)25/h3-13,26H,1-2H3. The van der Waals surface area contributed by atoms with Crippen molar-refractivity contribution in [3.05, 3.63) is 72.4 Å². The molecule has 0 radical (unpaired) electrons. The van der Waals surface area contributed by atoms with Crippen LogP contribution in [-0.2, 0) is 0 Å². The van der Waals surface area contributed by atoms with Gasteiger partial charge in [-0.1, -0.05) is 24.3 Å². The lowest BCUT2D eigenvalue weighted by Crippen LogP contribution is -2.00. The Bertz CT molecular complexity index is 1110. The summed E-state index contributed by atoms with van der Waals surface area (Å²) in [6.45, 7) is 1.65. The van der Waals surface area contributed by atoms with E-state index in [0.29, 0.717) is 22.6 Å². The van der Waals surface area contributed by atoms with Crippen LogP contribution in [0.15, 0.2) is 66.0 Å². The van der Waals surface area contributed by atoms with Crippen LogP contribution < -0.4 is 0 Å². The van der Waals surface area contributed by atoms with Crippen molar-refractivity contribution in [1.82, 2.24) is 14.5 Å². The van der Waals surface area contributed by atoms with Crippen LogP contribution in [0.4, 0.5) is 4.39 Å². The molecule has 2 aromatic carbocycles. The second kappa shape index (κ2) is 7.13. The van der Waals surface area contributed by atoms with Crippen molar-refractivity contribution in [2.24, 2.45) is 0 Å². The Kier molecular flexibility index (Phi) is 4.68. The van der Waals surface area contributed by atoms with E-state index in [2.05, 4.69) is 16.0 Å². The number of benzene rings is 2. The minimum Gasteiger partial charge on any atom is -0.389 e. The molecule has 1 unspecified atom stereocenters. The third kappa shape index (κ3) is 3.22. The maximum Gasteiger partial charge on any atom is 0.234 e. The first-order valence-electron chi connectivity index (χ1n) is 8.53. The Morgan fingerprint density at radius 1 is 1.11 bits per heavy atom. The summed E-state index contributed by atoms with van der Waals surface area (Å²) in [5, 5.41) is 10.9. The molecule has 4 rings (SSSR count). The van der Waals surface area contributed by atoms with Crippen LogP contribution in [0, 0.1) is 5.82 Å². The molecule has 0 aliphatic heterocycles. The van der Waals surface area contributed by atoms with Crippen LogP contribution in [0.25, 0.3) is 28.0 Å². The van der Waals surface area contributed by atoms with Crippen molar-refractivity contribution in [3.8, 4) is 17.1 Å². The predicted octanol–water partition coefficient (Wildman–Crippen LogP) is 5.00. The molecule has 2 heterocycles. The summed E-state index contributed by atoms with van der Waals surface area (Å²) in [6.07, 6.45) is 6.61. The number of thioether (sulfide) groups is 1. The molecular weight excluding hydrogens is 361 g/mol. The number of para-hydroxylation sites is 1. The van der Waals surface area contributed by atoms with Gasteiger partial charge in [-0.2, -0.15) is 0 Å². The molecule has 0 bridgehead atoms. The van der Waals surface area contributed by atoms with E-state index in [9.17, 15) is 9.50 Å². The number of aromatic nitrogens is 3. The molecule has 0 amide bonds. The zero-order valence-electron chi connectivity index (χ0n) is 14.9. The van der Waals surface area contributed by atoms with Gasteiger partial charge in [0.25, 0.3) is 0 Å². The number of aliphatic hydroxyl groups is 1. The first-order chi connectivity index (χ1) is 13.1. The minimum atomic E-state index is -0.666. The van der Waals surface area contributed by atoms with E-state index >= 15 is 0 Å². The van der Waals surface area contributed by atoms with Crippen LogP contribution >= 0.6 is 11.8 Å². The average molecular weight is 379 g/mol. The molecule has 1 N–H and O–H groups in total. The molecule has 0 saturated carbocycles. The monoisotopic (exact) mass is 379 g/mol. The highest BCUT2D eigenvalue weighted by Gasteiger charge is 2.13. The van der Waals surface area contributed by atoms with Crippen LogP contribution in [0.3, 0.4) is 0 Å². The summed E-state index contributed by atoms with van der Waals surface area (Å²) in [6, 6.07) is 12.7. The van der Waals surface area contributed by atoms with Crippen molar-refractivity contribution in [2.75, 3.05) is 6.26 Å². The van der Waals surface area contributed by atoms with Gasteiger partial charge in [0, 0.05) is 40.0 Å². The molecule has 0 fully saturated rings. The molecule has 0 spiro atoms. The smallest absolute Gasteiger partial charge is 0.234 e. The summed E-state index contributed by atoms with van der Waals surface area (Å²) in [4.78, 5) is 10.1. The summed E-state index contributed by atoms with van der Waals surface area (Å²) in [5.74, 6) is 0.161. The highest BCUT2D eigenvalue weighted by molar-refractivity contribution is 7.98. The molecule has 0 aliphatic carbocycles. The van der Waals surface area contributed by atoms with Crippen LogP contribution in [0.2, 0.25) is 0 Å². The lowest BCUT2D eigenvalue weighted by molar-refractivity contribution is 0.199. The first kappa shape index (κ1) is 17.7. The van der Waals surface area contributed by atoms with Crippen molar-refractivity contribution in [2.45, 2.75) is 17.9 Å². The number of fused-ring (bicyclic) bond motifs is 1. The number of aliphatic hydroxyl groups excluding tert-OH is 1. The van der Waals surface area contributed by atoms with Gasteiger partial charge in [0.2, 0.25) is 5.95 Å². The molecule has 136 valence electrons. The Balaban J connectivity index is 1.77. The second-order valence-corrected chi connectivity index (χ2v) is 7.12. The topological polar surface area (TPSA) is 50.9 Å². The molecule has 1 atom stereocenters. The number of nitrogens with zero attached hydrogens (tertiary/aromatic N) is 3. The van der Waals surface area contributed by atoms with Crippen LogP contribution in [-0.4, -0.2) is 25.9 Å². The quantitative estimate of drug-likeness (QED) is 0.507. The van der Waals surface area contributed by atoms with E-state index in [1.54, 1.807) is 43.2 Å². The van der Waals surface area contributed by atoms with Gasteiger partial charge in [0.1, 0.15) is 5.82 Å².